The van der Waals surface area contributed by atoms with E-state index in [1.807, 2.05) is 0 Å². The minimum absolute atomic E-state index is 0.160. The quantitative estimate of drug-likeness (QED) is 0.677. The maximum Gasteiger partial charge on any atom is 0.223 e. The number of piperazine rings is 1. The standard InChI is InChI=1S/C9H15ClN6/c1-15-2-4-16(5-3-15)8-6(11)7(10)13-9(12)14-8/h2-5,11H2,1H3,(H2,12,13,14). The van der Waals surface area contributed by atoms with Crippen molar-refractivity contribution in [3.8, 4) is 0 Å². The molecule has 88 valence electrons. The van der Waals surface area contributed by atoms with Crippen LogP contribution in [0.25, 0.3) is 0 Å². The number of hydrogen-bond acceptors (Lipinski definition) is 6. The van der Waals surface area contributed by atoms with E-state index in [1.165, 1.54) is 0 Å². The lowest BCUT2D eigenvalue weighted by Gasteiger charge is -2.33. The Kier molecular flexibility index (Phi) is 3.02. The summed E-state index contributed by atoms with van der Waals surface area (Å²) in [5.41, 5.74) is 11.8. The number of aromatic nitrogens is 2. The molecule has 0 spiro atoms. The molecule has 6 nitrogen and oxygen atoms in total. The molecule has 1 aliphatic heterocycles. The van der Waals surface area contributed by atoms with E-state index >= 15 is 0 Å². The minimum Gasteiger partial charge on any atom is -0.393 e. The fourth-order valence-electron chi connectivity index (χ4n) is 1.71. The van der Waals surface area contributed by atoms with Crippen molar-refractivity contribution >= 4 is 29.1 Å². The van der Waals surface area contributed by atoms with E-state index in [1.54, 1.807) is 0 Å². The maximum atomic E-state index is 5.87. The molecule has 4 N–H and O–H groups in total. The van der Waals surface area contributed by atoms with Gasteiger partial charge in [-0.1, -0.05) is 11.6 Å². The second-order valence-electron chi connectivity index (χ2n) is 3.90. The van der Waals surface area contributed by atoms with E-state index in [9.17, 15) is 0 Å². The number of likely N-dealkylation sites (N-methyl/N-ethyl adjacent to an activating group) is 1. The third-order valence-corrected chi connectivity index (χ3v) is 2.99. The Hall–Kier alpha value is -1.27. The van der Waals surface area contributed by atoms with Gasteiger partial charge in [-0.15, -0.1) is 0 Å². The Morgan fingerprint density at radius 1 is 1.12 bits per heavy atom. The average Bonchev–Trinajstić information content (AvgIpc) is 2.25. The van der Waals surface area contributed by atoms with Gasteiger partial charge in [-0.25, -0.2) is 0 Å². The molecule has 16 heavy (non-hydrogen) atoms. The summed E-state index contributed by atoms with van der Waals surface area (Å²) in [5.74, 6) is 0.804. The molecule has 0 unspecified atom stereocenters. The zero-order chi connectivity index (χ0) is 11.7. The first-order valence-corrected chi connectivity index (χ1v) is 5.47. The van der Waals surface area contributed by atoms with Crippen molar-refractivity contribution in [2.75, 3.05) is 49.6 Å². The van der Waals surface area contributed by atoms with Crippen LogP contribution >= 0.6 is 11.6 Å². The Morgan fingerprint density at radius 2 is 1.75 bits per heavy atom. The van der Waals surface area contributed by atoms with E-state index in [0.717, 1.165) is 26.2 Å². The maximum absolute atomic E-state index is 5.87. The summed E-state index contributed by atoms with van der Waals surface area (Å²) >= 11 is 5.87. The van der Waals surface area contributed by atoms with Crippen LogP contribution in [0, 0.1) is 0 Å². The van der Waals surface area contributed by atoms with Crippen LogP contribution in [-0.4, -0.2) is 48.1 Å². The first-order chi connectivity index (χ1) is 7.58. The van der Waals surface area contributed by atoms with Crippen molar-refractivity contribution in [1.29, 1.82) is 0 Å². The lowest BCUT2D eigenvalue weighted by molar-refractivity contribution is 0.312. The summed E-state index contributed by atoms with van der Waals surface area (Å²) < 4.78 is 0. The number of nitrogens with zero attached hydrogens (tertiary/aromatic N) is 4. The molecule has 7 heteroatoms. The van der Waals surface area contributed by atoms with Crippen molar-refractivity contribution in [2.24, 2.45) is 0 Å². The molecule has 1 fully saturated rings. The summed E-state index contributed by atoms with van der Waals surface area (Å²) in [4.78, 5) is 12.3. The summed E-state index contributed by atoms with van der Waals surface area (Å²) in [5, 5.41) is 0.224. The first kappa shape index (κ1) is 11.2. The number of nitrogens with two attached hydrogens (primary N) is 2. The van der Waals surface area contributed by atoms with Crippen LogP contribution in [0.4, 0.5) is 17.5 Å². The van der Waals surface area contributed by atoms with Gasteiger partial charge in [-0.3, -0.25) is 0 Å². The zero-order valence-electron chi connectivity index (χ0n) is 9.15. The second-order valence-corrected chi connectivity index (χ2v) is 4.26. The van der Waals surface area contributed by atoms with Gasteiger partial charge in [0.1, 0.15) is 5.69 Å². The second kappa shape index (κ2) is 4.31. The SMILES string of the molecule is CN1CCN(c2nc(N)nc(Cl)c2N)CC1. The highest BCUT2D eigenvalue weighted by Gasteiger charge is 2.19. The lowest BCUT2D eigenvalue weighted by atomic mass is 10.3. The lowest BCUT2D eigenvalue weighted by Crippen LogP contribution is -2.45. The molecule has 2 heterocycles. The van der Waals surface area contributed by atoms with Gasteiger partial charge < -0.3 is 21.3 Å². The van der Waals surface area contributed by atoms with E-state index < -0.39 is 0 Å². The van der Waals surface area contributed by atoms with Crippen molar-refractivity contribution in [2.45, 2.75) is 0 Å². The van der Waals surface area contributed by atoms with E-state index in [2.05, 4.69) is 26.8 Å². The van der Waals surface area contributed by atoms with Gasteiger partial charge in [0.2, 0.25) is 5.95 Å². The molecular formula is C9H15ClN6. The molecule has 0 atom stereocenters. The van der Waals surface area contributed by atoms with Gasteiger partial charge in [0, 0.05) is 26.2 Å². The topological polar surface area (TPSA) is 84.3 Å². The molecular weight excluding hydrogens is 228 g/mol. The van der Waals surface area contributed by atoms with Gasteiger partial charge in [-0.2, -0.15) is 9.97 Å². The van der Waals surface area contributed by atoms with Crippen molar-refractivity contribution in [3.05, 3.63) is 5.15 Å². The Bertz CT molecular complexity index is 388. The fraction of sp³-hybridized carbons (Fsp3) is 0.556. The van der Waals surface area contributed by atoms with Crippen LogP contribution in [0.1, 0.15) is 0 Å². The van der Waals surface area contributed by atoms with Crippen LogP contribution < -0.4 is 16.4 Å². The van der Waals surface area contributed by atoms with E-state index in [-0.39, 0.29) is 11.1 Å². The fourth-order valence-corrected chi connectivity index (χ4v) is 1.88. The Morgan fingerprint density at radius 3 is 2.38 bits per heavy atom. The number of anilines is 3. The molecule has 0 aliphatic carbocycles. The molecule has 2 rings (SSSR count). The van der Waals surface area contributed by atoms with Crippen LogP contribution in [0.2, 0.25) is 5.15 Å². The molecule has 0 amide bonds. The third-order valence-electron chi connectivity index (χ3n) is 2.70. The highest BCUT2D eigenvalue weighted by Crippen LogP contribution is 2.28. The molecule has 1 aliphatic rings. The van der Waals surface area contributed by atoms with E-state index in [4.69, 9.17) is 23.1 Å². The monoisotopic (exact) mass is 242 g/mol. The smallest absolute Gasteiger partial charge is 0.223 e. The zero-order valence-corrected chi connectivity index (χ0v) is 9.91. The highest BCUT2D eigenvalue weighted by molar-refractivity contribution is 6.32. The molecule has 0 aromatic carbocycles. The van der Waals surface area contributed by atoms with Crippen LogP contribution in [0.3, 0.4) is 0 Å². The predicted octanol–water partition coefficient (Wildman–Crippen LogP) is 0.0462. The summed E-state index contributed by atoms with van der Waals surface area (Å²) in [7, 11) is 2.09. The molecule has 0 saturated carbocycles. The molecule has 1 saturated heterocycles. The van der Waals surface area contributed by atoms with Gasteiger partial charge >= 0.3 is 0 Å². The predicted molar refractivity (Wildman–Crippen MR) is 65.6 cm³/mol. The summed E-state index contributed by atoms with van der Waals surface area (Å²) in [6, 6.07) is 0. The summed E-state index contributed by atoms with van der Waals surface area (Å²) in [6.07, 6.45) is 0. The van der Waals surface area contributed by atoms with Gasteiger partial charge in [0.15, 0.2) is 11.0 Å². The minimum atomic E-state index is 0.160. The molecule has 1 aromatic rings. The van der Waals surface area contributed by atoms with Crippen LogP contribution in [-0.2, 0) is 0 Å². The van der Waals surface area contributed by atoms with Crippen LogP contribution in [0.5, 0.6) is 0 Å². The molecule has 0 radical (unpaired) electrons. The number of hydrogen-bond donors (Lipinski definition) is 2. The largest absolute Gasteiger partial charge is 0.393 e. The highest BCUT2D eigenvalue weighted by atomic mass is 35.5. The van der Waals surface area contributed by atoms with Crippen molar-refractivity contribution < 1.29 is 0 Å². The number of rotatable bonds is 1. The molecule has 1 aromatic heterocycles. The first-order valence-electron chi connectivity index (χ1n) is 5.10. The number of nitrogen functional groups attached to an aromatic ring is 2. The van der Waals surface area contributed by atoms with Gasteiger partial charge in [-0.05, 0) is 7.05 Å². The number of halogens is 1. The Balaban J connectivity index is 2.26. The van der Waals surface area contributed by atoms with Crippen molar-refractivity contribution in [3.63, 3.8) is 0 Å². The van der Waals surface area contributed by atoms with E-state index in [0.29, 0.717) is 11.5 Å². The summed E-state index contributed by atoms with van der Waals surface area (Å²) in [6.45, 7) is 3.68. The third kappa shape index (κ3) is 2.12. The molecule has 0 bridgehead atoms. The van der Waals surface area contributed by atoms with Gasteiger partial charge in [0.05, 0.1) is 0 Å². The van der Waals surface area contributed by atoms with Crippen LogP contribution in [0.15, 0.2) is 0 Å². The van der Waals surface area contributed by atoms with Crippen molar-refractivity contribution in [1.82, 2.24) is 14.9 Å². The average molecular weight is 243 g/mol. The Labute approximate surface area is 99.2 Å². The van der Waals surface area contributed by atoms with Gasteiger partial charge in [0.25, 0.3) is 0 Å². The normalized spacial score (nSPS) is 17.8.